The van der Waals surface area contributed by atoms with Gasteiger partial charge in [-0.15, -0.1) is 10.2 Å². The molecule has 0 radical (unpaired) electrons. The maximum atomic E-state index is 5.48. The summed E-state index contributed by atoms with van der Waals surface area (Å²) in [5.74, 6) is 2.53. The minimum absolute atomic E-state index is 0.456. The van der Waals surface area contributed by atoms with Crippen molar-refractivity contribution in [3.63, 3.8) is 0 Å². The van der Waals surface area contributed by atoms with Crippen molar-refractivity contribution in [2.24, 2.45) is 0 Å². The molecule has 7 nitrogen and oxygen atoms in total. The molecule has 0 unspecified atom stereocenters. The molecule has 2 aromatic heterocycles. The molecule has 1 aliphatic carbocycles. The van der Waals surface area contributed by atoms with Gasteiger partial charge in [-0.1, -0.05) is 35.8 Å². The highest BCUT2D eigenvalue weighted by Crippen LogP contribution is 2.39. The van der Waals surface area contributed by atoms with Gasteiger partial charge in [-0.3, -0.25) is 0 Å². The van der Waals surface area contributed by atoms with E-state index < -0.39 is 0 Å². The summed E-state index contributed by atoms with van der Waals surface area (Å²) in [4.78, 5) is 7.10. The first-order chi connectivity index (χ1) is 13.9. The standard InChI is InChI=1S/C21H26N6O/c1-4-12-27(13-5-1)14-6-11-22-20-17-8-3-2-7-16(17)18(24-25-20)21-23-19(26-28-21)15-9-10-15/h2-3,7-8,15H,1,4-6,9-14H2,(H,22,25). The molecule has 7 heteroatoms. The Bertz CT molecular complexity index is 945. The van der Waals surface area contributed by atoms with E-state index in [4.69, 9.17) is 4.52 Å². The highest BCUT2D eigenvalue weighted by atomic mass is 16.5. The summed E-state index contributed by atoms with van der Waals surface area (Å²) in [6.07, 6.45) is 7.45. The first kappa shape index (κ1) is 17.6. The lowest BCUT2D eigenvalue weighted by molar-refractivity contribution is 0.228. The van der Waals surface area contributed by atoms with Crippen LogP contribution in [0.3, 0.4) is 0 Å². The zero-order valence-electron chi connectivity index (χ0n) is 16.1. The van der Waals surface area contributed by atoms with Crippen LogP contribution >= 0.6 is 0 Å². The highest BCUT2D eigenvalue weighted by Gasteiger charge is 2.29. The van der Waals surface area contributed by atoms with Crippen molar-refractivity contribution in [1.82, 2.24) is 25.2 Å². The fraction of sp³-hybridized carbons (Fsp3) is 0.524. The zero-order valence-corrected chi connectivity index (χ0v) is 16.1. The smallest absolute Gasteiger partial charge is 0.279 e. The minimum atomic E-state index is 0.456. The summed E-state index contributed by atoms with van der Waals surface area (Å²) in [6.45, 7) is 4.51. The Labute approximate surface area is 164 Å². The van der Waals surface area contributed by atoms with Crippen LogP contribution in [0.2, 0.25) is 0 Å². The predicted octanol–water partition coefficient (Wildman–Crippen LogP) is 3.85. The van der Waals surface area contributed by atoms with Crippen LogP contribution in [-0.4, -0.2) is 51.4 Å². The van der Waals surface area contributed by atoms with Gasteiger partial charge in [-0.05, 0) is 51.7 Å². The Hall–Kier alpha value is -2.54. The second kappa shape index (κ2) is 7.83. The Balaban J connectivity index is 1.31. The third-order valence-electron chi connectivity index (χ3n) is 5.67. The molecule has 0 atom stereocenters. The lowest BCUT2D eigenvalue weighted by Crippen LogP contribution is -2.31. The largest absolute Gasteiger partial charge is 0.368 e. The number of rotatable bonds is 7. The second-order valence-electron chi connectivity index (χ2n) is 7.86. The number of piperidine rings is 1. The number of hydrogen-bond acceptors (Lipinski definition) is 7. The molecule has 0 bridgehead atoms. The zero-order chi connectivity index (χ0) is 18.8. The lowest BCUT2D eigenvalue weighted by Gasteiger charge is -2.26. The molecule has 1 N–H and O–H groups in total. The average molecular weight is 378 g/mol. The van der Waals surface area contributed by atoms with Crippen LogP contribution in [-0.2, 0) is 0 Å². The molecule has 5 rings (SSSR count). The molecule has 1 saturated carbocycles. The molecule has 2 aliphatic rings. The molecule has 28 heavy (non-hydrogen) atoms. The number of likely N-dealkylation sites (tertiary alicyclic amines) is 1. The molecular weight excluding hydrogens is 352 g/mol. The van der Waals surface area contributed by atoms with E-state index in [9.17, 15) is 0 Å². The number of anilines is 1. The fourth-order valence-corrected chi connectivity index (χ4v) is 3.92. The Morgan fingerprint density at radius 3 is 2.68 bits per heavy atom. The second-order valence-corrected chi connectivity index (χ2v) is 7.86. The van der Waals surface area contributed by atoms with Crippen molar-refractivity contribution in [2.45, 2.75) is 44.4 Å². The Kier molecular flexibility index (Phi) is 4.91. The lowest BCUT2D eigenvalue weighted by atomic mass is 10.1. The third kappa shape index (κ3) is 3.71. The van der Waals surface area contributed by atoms with E-state index in [1.165, 1.54) is 32.4 Å². The number of nitrogens with one attached hydrogen (secondary N) is 1. The van der Waals surface area contributed by atoms with Crippen molar-refractivity contribution in [3.8, 4) is 11.6 Å². The molecule has 146 valence electrons. The first-order valence-corrected chi connectivity index (χ1v) is 10.4. The molecule has 1 aliphatic heterocycles. The van der Waals surface area contributed by atoms with Crippen molar-refractivity contribution in [1.29, 1.82) is 0 Å². The van der Waals surface area contributed by atoms with Gasteiger partial charge in [0.2, 0.25) is 0 Å². The van der Waals surface area contributed by atoms with Crippen LogP contribution in [0.1, 0.15) is 50.3 Å². The summed E-state index contributed by atoms with van der Waals surface area (Å²) in [7, 11) is 0. The first-order valence-electron chi connectivity index (χ1n) is 10.4. The van der Waals surface area contributed by atoms with Crippen LogP contribution in [0, 0.1) is 0 Å². The van der Waals surface area contributed by atoms with Gasteiger partial charge in [0, 0.05) is 23.2 Å². The van der Waals surface area contributed by atoms with Crippen molar-refractivity contribution in [2.75, 3.05) is 31.5 Å². The quantitative estimate of drug-likeness (QED) is 0.626. The van der Waals surface area contributed by atoms with Crippen molar-refractivity contribution >= 4 is 16.6 Å². The summed E-state index contributed by atoms with van der Waals surface area (Å²) < 4.78 is 5.48. The number of aromatic nitrogens is 4. The Morgan fingerprint density at radius 2 is 1.86 bits per heavy atom. The summed E-state index contributed by atoms with van der Waals surface area (Å²) in [5.41, 5.74) is 0.661. The molecule has 1 aromatic carbocycles. The topological polar surface area (TPSA) is 80.0 Å². The number of nitrogens with zero attached hydrogens (tertiary/aromatic N) is 5. The van der Waals surface area contributed by atoms with Crippen LogP contribution in [0.5, 0.6) is 0 Å². The van der Waals surface area contributed by atoms with E-state index in [2.05, 4.69) is 36.6 Å². The van der Waals surface area contributed by atoms with Crippen LogP contribution < -0.4 is 5.32 Å². The van der Waals surface area contributed by atoms with E-state index >= 15 is 0 Å². The van der Waals surface area contributed by atoms with Crippen LogP contribution in [0.4, 0.5) is 5.82 Å². The van der Waals surface area contributed by atoms with E-state index in [0.717, 1.165) is 54.8 Å². The van der Waals surface area contributed by atoms with E-state index in [0.29, 0.717) is 17.5 Å². The molecule has 0 amide bonds. The van der Waals surface area contributed by atoms with Crippen LogP contribution in [0.15, 0.2) is 28.8 Å². The SMILES string of the molecule is c1ccc2c(-c3nc(C4CC4)no3)nnc(NCCCN3CCCCC3)c2c1. The maximum Gasteiger partial charge on any atom is 0.279 e. The number of hydrogen-bond donors (Lipinski definition) is 1. The van der Waals surface area contributed by atoms with E-state index in [1.807, 2.05) is 18.2 Å². The summed E-state index contributed by atoms with van der Waals surface area (Å²) in [5, 5.41) is 18.5. The van der Waals surface area contributed by atoms with Gasteiger partial charge >= 0.3 is 0 Å². The van der Waals surface area contributed by atoms with Gasteiger partial charge in [0.1, 0.15) is 0 Å². The molecule has 3 heterocycles. The molecule has 1 saturated heterocycles. The van der Waals surface area contributed by atoms with E-state index in [1.54, 1.807) is 0 Å². The summed E-state index contributed by atoms with van der Waals surface area (Å²) in [6, 6.07) is 8.14. The van der Waals surface area contributed by atoms with Gasteiger partial charge in [0.25, 0.3) is 5.89 Å². The van der Waals surface area contributed by atoms with Gasteiger partial charge in [0.05, 0.1) is 0 Å². The van der Waals surface area contributed by atoms with Gasteiger partial charge < -0.3 is 14.7 Å². The Morgan fingerprint density at radius 1 is 1.04 bits per heavy atom. The fourth-order valence-electron chi connectivity index (χ4n) is 3.92. The molecule has 2 fully saturated rings. The van der Waals surface area contributed by atoms with Crippen molar-refractivity contribution in [3.05, 3.63) is 30.1 Å². The van der Waals surface area contributed by atoms with E-state index in [-0.39, 0.29) is 0 Å². The number of benzene rings is 1. The molecule has 0 spiro atoms. The highest BCUT2D eigenvalue weighted by molar-refractivity contribution is 5.98. The normalized spacial score (nSPS) is 17.9. The predicted molar refractivity (Wildman–Crippen MR) is 108 cm³/mol. The van der Waals surface area contributed by atoms with Crippen LogP contribution in [0.25, 0.3) is 22.4 Å². The maximum absolute atomic E-state index is 5.48. The van der Waals surface area contributed by atoms with Gasteiger partial charge in [0.15, 0.2) is 17.3 Å². The molecular formula is C21H26N6O. The minimum Gasteiger partial charge on any atom is -0.368 e. The van der Waals surface area contributed by atoms with Gasteiger partial charge in [-0.25, -0.2) is 0 Å². The van der Waals surface area contributed by atoms with Gasteiger partial charge in [-0.2, -0.15) is 4.98 Å². The van der Waals surface area contributed by atoms with Crippen molar-refractivity contribution < 1.29 is 4.52 Å². The number of fused-ring (bicyclic) bond motifs is 1. The average Bonchev–Trinajstić information content (AvgIpc) is 3.49. The summed E-state index contributed by atoms with van der Waals surface area (Å²) >= 11 is 0. The molecule has 3 aromatic rings. The monoisotopic (exact) mass is 378 g/mol. The third-order valence-corrected chi connectivity index (χ3v) is 5.67.